The fourth-order valence-corrected chi connectivity index (χ4v) is 4.51. The maximum Gasteiger partial charge on any atom is 0.318 e. The van der Waals surface area contributed by atoms with E-state index in [4.69, 9.17) is 0 Å². The predicted octanol–water partition coefficient (Wildman–Crippen LogP) is 3.13. The molecule has 3 atom stereocenters. The number of amides is 2. The summed E-state index contributed by atoms with van der Waals surface area (Å²) in [5, 5.41) is 6.77. The fraction of sp³-hybridized carbons (Fsp3) is 0.714. The third-order valence-corrected chi connectivity index (χ3v) is 6.43. The summed E-state index contributed by atoms with van der Waals surface area (Å²) in [6.45, 7) is 5.19. The van der Waals surface area contributed by atoms with Crippen molar-refractivity contribution in [3.8, 4) is 0 Å². The maximum atomic E-state index is 12.6. The number of aromatic nitrogens is 1. The number of thiazole rings is 1. The van der Waals surface area contributed by atoms with Crippen LogP contribution in [0.3, 0.4) is 0 Å². The van der Waals surface area contributed by atoms with E-state index in [0.29, 0.717) is 17.2 Å². The van der Waals surface area contributed by atoms with E-state index in [1.807, 2.05) is 28.2 Å². The molecular weight excluding hydrogens is 290 g/mol. The van der Waals surface area contributed by atoms with Crippen LogP contribution in [0.5, 0.6) is 0 Å². The Morgan fingerprint density at radius 3 is 2.95 bits per heavy atom. The molecule has 1 aromatic rings. The van der Waals surface area contributed by atoms with Gasteiger partial charge in [-0.2, -0.15) is 11.8 Å². The minimum absolute atomic E-state index is 0.0803. The summed E-state index contributed by atoms with van der Waals surface area (Å²) in [4.78, 5) is 19.0. The summed E-state index contributed by atoms with van der Waals surface area (Å²) in [5.41, 5.74) is 0. The molecule has 1 N–H and O–H groups in total. The normalized spacial score (nSPS) is 28.2. The van der Waals surface area contributed by atoms with Gasteiger partial charge in [0.1, 0.15) is 5.01 Å². The quantitative estimate of drug-likeness (QED) is 0.933. The second-order valence-corrected chi connectivity index (χ2v) is 8.06. The molecule has 0 radical (unpaired) electrons. The topological polar surface area (TPSA) is 45.2 Å². The summed E-state index contributed by atoms with van der Waals surface area (Å²) in [6.07, 6.45) is 4.22. The van der Waals surface area contributed by atoms with E-state index in [1.165, 1.54) is 12.8 Å². The van der Waals surface area contributed by atoms with Crippen LogP contribution in [0.2, 0.25) is 0 Å². The van der Waals surface area contributed by atoms with Crippen LogP contribution < -0.4 is 5.32 Å². The molecule has 4 nitrogen and oxygen atoms in total. The van der Waals surface area contributed by atoms with Crippen LogP contribution in [0.25, 0.3) is 0 Å². The second-order valence-electron chi connectivity index (χ2n) is 5.64. The van der Waals surface area contributed by atoms with E-state index < -0.39 is 0 Å². The van der Waals surface area contributed by atoms with E-state index >= 15 is 0 Å². The molecule has 2 aliphatic rings. The Labute approximate surface area is 128 Å². The highest BCUT2D eigenvalue weighted by Crippen LogP contribution is 2.41. The van der Waals surface area contributed by atoms with E-state index in [0.717, 1.165) is 17.3 Å². The minimum Gasteiger partial charge on any atom is -0.328 e. The maximum absolute atomic E-state index is 12.6. The number of hydrogen-bond acceptors (Lipinski definition) is 4. The molecule has 2 fully saturated rings. The first-order chi connectivity index (χ1) is 9.66. The molecule has 0 aromatic carbocycles. The first-order valence-corrected chi connectivity index (χ1v) is 9.18. The van der Waals surface area contributed by atoms with Gasteiger partial charge in [0.2, 0.25) is 0 Å². The molecule has 2 amide bonds. The van der Waals surface area contributed by atoms with Gasteiger partial charge >= 0.3 is 6.03 Å². The summed E-state index contributed by atoms with van der Waals surface area (Å²) < 4.78 is 0. The standard InChI is InChI=1S/C14H21N3OS2/c1-9-10(2)19-8-6-17(9)14(18)16-12(11-3-4-11)13-15-5-7-20-13/h5,7,9-12H,3-4,6,8H2,1-2H3,(H,16,18)/t9-,10+,12+/m0/s1. The molecule has 0 unspecified atom stereocenters. The van der Waals surface area contributed by atoms with Gasteiger partial charge in [-0.3, -0.25) is 0 Å². The smallest absolute Gasteiger partial charge is 0.318 e. The highest BCUT2D eigenvalue weighted by Gasteiger charge is 2.37. The van der Waals surface area contributed by atoms with E-state index in [9.17, 15) is 4.79 Å². The number of carbonyl (C=O) groups is 1. The highest BCUT2D eigenvalue weighted by atomic mass is 32.2. The lowest BCUT2D eigenvalue weighted by molar-refractivity contribution is 0.175. The van der Waals surface area contributed by atoms with Crippen LogP contribution in [0.4, 0.5) is 4.79 Å². The molecule has 0 bridgehead atoms. The zero-order valence-corrected chi connectivity index (χ0v) is 13.5. The number of rotatable bonds is 3. The molecule has 3 rings (SSSR count). The van der Waals surface area contributed by atoms with Gasteiger partial charge in [0.05, 0.1) is 6.04 Å². The van der Waals surface area contributed by atoms with Crippen molar-refractivity contribution < 1.29 is 4.79 Å². The second kappa shape index (κ2) is 5.93. The molecular formula is C14H21N3OS2. The Hall–Kier alpha value is -0.750. The molecule has 110 valence electrons. The summed E-state index contributed by atoms with van der Waals surface area (Å²) >= 11 is 3.59. The van der Waals surface area contributed by atoms with Crippen molar-refractivity contribution in [1.82, 2.24) is 15.2 Å². The Morgan fingerprint density at radius 1 is 1.50 bits per heavy atom. The van der Waals surface area contributed by atoms with Crippen molar-refractivity contribution in [3.63, 3.8) is 0 Å². The van der Waals surface area contributed by atoms with Crippen LogP contribution in [-0.2, 0) is 0 Å². The Morgan fingerprint density at radius 2 is 2.30 bits per heavy atom. The number of thioether (sulfide) groups is 1. The zero-order chi connectivity index (χ0) is 14.1. The largest absolute Gasteiger partial charge is 0.328 e. The monoisotopic (exact) mass is 311 g/mol. The number of carbonyl (C=O) groups excluding carboxylic acids is 1. The summed E-state index contributed by atoms with van der Waals surface area (Å²) in [5.74, 6) is 1.61. The van der Waals surface area contributed by atoms with Crippen LogP contribution >= 0.6 is 23.1 Å². The lowest BCUT2D eigenvalue weighted by atomic mass is 10.2. The lowest BCUT2D eigenvalue weighted by Gasteiger charge is -2.38. The van der Waals surface area contributed by atoms with Gasteiger partial charge in [0, 0.05) is 35.2 Å². The number of hydrogen-bond donors (Lipinski definition) is 1. The molecule has 1 aliphatic carbocycles. The number of urea groups is 1. The van der Waals surface area contributed by atoms with E-state index in [-0.39, 0.29) is 12.1 Å². The van der Waals surface area contributed by atoms with Crippen molar-refractivity contribution in [2.75, 3.05) is 12.3 Å². The average molecular weight is 311 g/mol. The Kier molecular flexibility index (Phi) is 4.21. The van der Waals surface area contributed by atoms with Gasteiger partial charge < -0.3 is 10.2 Å². The highest BCUT2D eigenvalue weighted by molar-refractivity contribution is 8.00. The van der Waals surface area contributed by atoms with Crippen molar-refractivity contribution in [2.24, 2.45) is 5.92 Å². The van der Waals surface area contributed by atoms with Gasteiger partial charge in [-0.25, -0.2) is 9.78 Å². The third-order valence-electron chi connectivity index (χ3n) is 4.23. The molecule has 1 saturated heterocycles. The van der Waals surface area contributed by atoms with Gasteiger partial charge in [0.15, 0.2) is 0 Å². The van der Waals surface area contributed by atoms with Crippen LogP contribution in [-0.4, -0.2) is 39.5 Å². The van der Waals surface area contributed by atoms with Crippen molar-refractivity contribution >= 4 is 29.1 Å². The van der Waals surface area contributed by atoms with Crippen LogP contribution in [0, 0.1) is 5.92 Å². The van der Waals surface area contributed by atoms with Crippen molar-refractivity contribution in [1.29, 1.82) is 0 Å². The molecule has 1 saturated carbocycles. The number of nitrogens with one attached hydrogen (secondary N) is 1. The Bertz CT molecular complexity index is 461. The molecule has 1 aliphatic heterocycles. The first-order valence-electron chi connectivity index (χ1n) is 7.25. The zero-order valence-electron chi connectivity index (χ0n) is 11.9. The summed E-state index contributed by atoms with van der Waals surface area (Å²) in [6, 6.07) is 0.487. The minimum atomic E-state index is 0.0803. The average Bonchev–Trinajstić information content (AvgIpc) is 3.13. The van der Waals surface area contributed by atoms with Crippen molar-refractivity contribution in [3.05, 3.63) is 16.6 Å². The van der Waals surface area contributed by atoms with Crippen LogP contribution in [0.15, 0.2) is 11.6 Å². The lowest BCUT2D eigenvalue weighted by Crippen LogP contribution is -2.52. The predicted molar refractivity (Wildman–Crippen MR) is 84.2 cm³/mol. The molecule has 0 spiro atoms. The molecule has 1 aromatic heterocycles. The van der Waals surface area contributed by atoms with Crippen molar-refractivity contribution in [2.45, 2.75) is 44.0 Å². The molecule has 6 heteroatoms. The Balaban J connectivity index is 1.67. The SMILES string of the molecule is C[C@H]1SCCN(C(=O)N[C@@H](c2nccs2)C2CC2)[C@H]1C. The van der Waals surface area contributed by atoms with Gasteiger partial charge in [-0.1, -0.05) is 6.92 Å². The number of nitrogens with zero attached hydrogens (tertiary/aromatic N) is 2. The van der Waals surface area contributed by atoms with E-state index in [2.05, 4.69) is 24.1 Å². The van der Waals surface area contributed by atoms with Gasteiger partial charge in [-0.15, -0.1) is 11.3 Å². The first kappa shape index (κ1) is 14.2. The molecule has 20 heavy (non-hydrogen) atoms. The van der Waals surface area contributed by atoms with Gasteiger partial charge in [0.25, 0.3) is 0 Å². The van der Waals surface area contributed by atoms with Gasteiger partial charge in [-0.05, 0) is 25.7 Å². The van der Waals surface area contributed by atoms with E-state index in [1.54, 1.807) is 11.3 Å². The van der Waals surface area contributed by atoms with Crippen LogP contribution in [0.1, 0.15) is 37.7 Å². The third kappa shape index (κ3) is 2.96. The fourth-order valence-electron chi connectivity index (χ4n) is 2.63. The summed E-state index contributed by atoms with van der Waals surface area (Å²) in [7, 11) is 0. The molecule has 2 heterocycles.